The molecule has 1 nitrogen and oxygen atoms in total. The minimum atomic E-state index is -5.73. The summed E-state index contributed by atoms with van der Waals surface area (Å²) >= 11 is 0. The predicted octanol–water partition coefficient (Wildman–Crippen LogP) is 5.97. The van der Waals surface area contributed by atoms with Gasteiger partial charge in [0.25, 0.3) is 5.60 Å². The molecule has 0 aliphatic rings. The Morgan fingerprint density at radius 2 is 1.22 bits per heavy atom. The molecule has 7 heteroatoms. The molecule has 0 aromatic heterocycles. The van der Waals surface area contributed by atoms with E-state index in [0.717, 1.165) is 0 Å². The van der Waals surface area contributed by atoms with Crippen LogP contribution in [0.4, 0.5) is 26.3 Å². The first-order valence-electron chi connectivity index (χ1n) is 8.03. The maximum Gasteiger partial charge on any atom is 0.426 e. The van der Waals surface area contributed by atoms with Crippen molar-refractivity contribution < 1.29 is 31.4 Å². The van der Waals surface area contributed by atoms with Crippen molar-refractivity contribution in [3.8, 4) is 0 Å². The van der Waals surface area contributed by atoms with Gasteiger partial charge in [-0.15, -0.1) is 0 Å². The van der Waals surface area contributed by atoms with Crippen molar-refractivity contribution in [2.24, 2.45) is 23.7 Å². The van der Waals surface area contributed by atoms with Crippen LogP contribution in [-0.4, -0.2) is 23.1 Å². The van der Waals surface area contributed by atoms with Crippen molar-refractivity contribution in [1.82, 2.24) is 0 Å². The monoisotopic (exact) mass is 350 g/mol. The van der Waals surface area contributed by atoms with Gasteiger partial charge in [-0.05, 0) is 36.5 Å². The van der Waals surface area contributed by atoms with Crippen LogP contribution < -0.4 is 0 Å². The number of halogens is 6. The molecule has 1 atom stereocenters. The van der Waals surface area contributed by atoms with E-state index in [4.69, 9.17) is 0 Å². The molecule has 0 aliphatic heterocycles. The van der Waals surface area contributed by atoms with Crippen molar-refractivity contribution in [2.75, 3.05) is 0 Å². The van der Waals surface area contributed by atoms with Crippen molar-refractivity contribution >= 4 is 0 Å². The van der Waals surface area contributed by atoms with Gasteiger partial charge in [-0.25, -0.2) is 0 Å². The zero-order chi connectivity index (χ0) is 18.6. The van der Waals surface area contributed by atoms with E-state index in [2.05, 4.69) is 0 Å². The number of rotatable bonds is 8. The second-order valence-electron chi connectivity index (χ2n) is 7.10. The predicted molar refractivity (Wildman–Crippen MR) is 77.9 cm³/mol. The highest BCUT2D eigenvalue weighted by molar-refractivity contribution is 4.95. The topological polar surface area (TPSA) is 20.2 Å². The largest absolute Gasteiger partial charge is 0.426 e. The quantitative estimate of drug-likeness (QED) is 0.535. The second kappa shape index (κ2) is 8.08. The van der Waals surface area contributed by atoms with Gasteiger partial charge in [-0.3, -0.25) is 0 Å². The molecular formula is C16H28F6O. The third-order valence-corrected chi connectivity index (χ3v) is 4.54. The Morgan fingerprint density at radius 1 is 0.826 bits per heavy atom. The van der Waals surface area contributed by atoms with E-state index in [1.54, 1.807) is 6.92 Å². The Balaban J connectivity index is 5.45. The molecule has 0 rings (SSSR count). The lowest BCUT2D eigenvalue weighted by Crippen LogP contribution is -2.57. The number of hydrogen-bond donors (Lipinski definition) is 1. The average Bonchev–Trinajstić information content (AvgIpc) is 2.32. The molecule has 0 aromatic rings. The molecule has 0 bridgehead atoms. The van der Waals surface area contributed by atoms with E-state index in [-0.39, 0.29) is 30.6 Å². The third-order valence-electron chi connectivity index (χ3n) is 4.54. The summed E-state index contributed by atoms with van der Waals surface area (Å²) in [6, 6.07) is 0. The van der Waals surface area contributed by atoms with Gasteiger partial charge in [0.15, 0.2) is 0 Å². The molecule has 0 fully saturated rings. The van der Waals surface area contributed by atoms with Crippen LogP contribution in [0.25, 0.3) is 0 Å². The number of hydrogen-bond acceptors (Lipinski definition) is 1. The van der Waals surface area contributed by atoms with Crippen LogP contribution in [-0.2, 0) is 0 Å². The molecule has 0 aliphatic carbocycles. The standard InChI is InChI=1S/C16H28F6O/c1-6-7-12(8-13(10(2)3)11(4)5)9-14(23,15(17,18)19)16(20,21)22/h10-13,23H,6-9H2,1-5H3. The molecule has 0 saturated heterocycles. The first-order valence-corrected chi connectivity index (χ1v) is 8.03. The summed E-state index contributed by atoms with van der Waals surface area (Å²) in [5.41, 5.74) is -4.64. The van der Waals surface area contributed by atoms with Crippen LogP contribution in [0, 0.1) is 23.7 Å². The number of aliphatic hydroxyl groups is 1. The fourth-order valence-corrected chi connectivity index (χ4v) is 3.22. The van der Waals surface area contributed by atoms with Crippen LogP contribution in [0.1, 0.15) is 60.3 Å². The lowest BCUT2D eigenvalue weighted by atomic mass is 9.74. The van der Waals surface area contributed by atoms with E-state index in [9.17, 15) is 31.4 Å². The third kappa shape index (κ3) is 5.84. The highest BCUT2D eigenvalue weighted by Crippen LogP contribution is 2.48. The average molecular weight is 350 g/mol. The van der Waals surface area contributed by atoms with E-state index in [0.29, 0.717) is 6.42 Å². The van der Waals surface area contributed by atoms with Crippen LogP contribution in [0.15, 0.2) is 0 Å². The van der Waals surface area contributed by atoms with Crippen LogP contribution in [0.3, 0.4) is 0 Å². The zero-order valence-electron chi connectivity index (χ0n) is 14.4. The van der Waals surface area contributed by atoms with E-state index in [1.165, 1.54) is 0 Å². The van der Waals surface area contributed by atoms with Gasteiger partial charge in [-0.2, -0.15) is 26.3 Å². The summed E-state index contributed by atoms with van der Waals surface area (Å²) < 4.78 is 77.3. The lowest BCUT2D eigenvalue weighted by Gasteiger charge is -2.37. The van der Waals surface area contributed by atoms with Gasteiger partial charge in [-0.1, -0.05) is 47.5 Å². The van der Waals surface area contributed by atoms with Gasteiger partial charge in [0.05, 0.1) is 0 Å². The zero-order valence-corrected chi connectivity index (χ0v) is 14.4. The second-order valence-corrected chi connectivity index (χ2v) is 7.10. The van der Waals surface area contributed by atoms with Gasteiger partial charge >= 0.3 is 12.4 Å². The minimum absolute atomic E-state index is 0.0114. The van der Waals surface area contributed by atoms with Crippen molar-refractivity contribution in [1.29, 1.82) is 0 Å². The van der Waals surface area contributed by atoms with E-state index < -0.39 is 30.3 Å². The summed E-state index contributed by atoms with van der Waals surface area (Å²) in [6.07, 6.45) is -11.9. The van der Waals surface area contributed by atoms with Crippen LogP contribution in [0.2, 0.25) is 0 Å². The van der Waals surface area contributed by atoms with Crippen molar-refractivity contribution in [3.63, 3.8) is 0 Å². The van der Waals surface area contributed by atoms with Gasteiger partial charge in [0.2, 0.25) is 0 Å². The summed E-state index contributed by atoms with van der Waals surface area (Å²) in [5, 5.41) is 9.42. The molecule has 0 saturated carbocycles. The molecule has 1 N–H and O–H groups in total. The van der Waals surface area contributed by atoms with Crippen LogP contribution in [0.5, 0.6) is 0 Å². The Morgan fingerprint density at radius 3 is 1.48 bits per heavy atom. The summed E-state index contributed by atoms with van der Waals surface area (Å²) in [6.45, 7) is 9.36. The van der Waals surface area contributed by atoms with Crippen molar-refractivity contribution in [3.05, 3.63) is 0 Å². The number of alkyl halides is 6. The van der Waals surface area contributed by atoms with Crippen molar-refractivity contribution in [2.45, 2.75) is 78.3 Å². The first kappa shape index (κ1) is 22.5. The minimum Gasteiger partial charge on any atom is -0.374 e. The molecule has 1 unspecified atom stereocenters. The Hall–Kier alpha value is -0.460. The molecular weight excluding hydrogens is 322 g/mol. The molecule has 0 spiro atoms. The molecule has 23 heavy (non-hydrogen) atoms. The Kier molecular flexibility index (Phi) is 7.92. The van der Waals surface area contributed by atoms with Crippen LogP contribution >= 0.6 is 0 Å². The SMILES string of the molecule is CCCC(CC(C(C)C)C(C)C)CC(O)(C(F)(F)F)C(F)(F)F. The fraction of sp³-hybridized carbons (Fsp3) is 1.00. The highest BCUT2D eigenvalue weighted by atomic mass is 19.4. The van der Waals surface area contributed by atoms with E-state index >= 15 is 0 Å². The van der Waals surface area contributed by atoms with Gasteiger partial charge < -0.3 is 5.11 Å². The Bertz CT molecular complexity index is 323. The maximum absolute atomic E-state index is 12.9. The highest BCUT2D eigenvalue weighted by Gasteiger charge is 2.70. The Labute approximate surface area is 134 Å². The molecule has 0 heterocycles. The van der Waals surface area contributed by atoms with E-state index in [1.807, 2.05) is 27.7 Å². The molecule has 0 radical (unpaired) electrons. The first-order chi connectivity index (χ1) is 10.2. The molecule has 0 aromatic carbocycles. The normalized spacial score (nSPS) is 15.8. The fourth-order valence-electron chi connectivity index (χ4n) is 3.22. The summed E-state index contributed by atoms with van der Waals surface area (Å²) in [7, 11) is 0. The smallest absolute Gasteiger partial charge is 0.374 e. The van der Waals surface area contributed by atoms with Gasteiger partial charge in [0, 0.05) is 0 Å². The van der Waals surface area contributed by atoms with Gasteiger partial charge in [0.1, 0.15) is 0 Å². The lowest BCUT2D eigenvalue weighted by molar-refractivity contribution is -0.373. The molecule has 140 valence electrons. The maximum atomic E-state index is 12.9. The summed E-state index contributed by atoms with van der Waals surface area (Å²) in [5.74, 6) is -0.515. The molecule has 0 amide bonds. The summed E-state index contributed by atoms with van der Waals surface area (Å²) in [4.78, 5) is 0.